The second-order valence-electron chi connectivity index (χ2n) is 6.76. The third kappa shape index (κ3) is 3.51. The first-order valence-electron chi connectivity index (χ1n) is 8.10. The monoisotopic (exact) mass is 359 g/mol. The summed E-state index contributed by atoms with van der Waals surface area (Å²) in [7, 11) is 0. The quantitative estimate of drug-likeness (QED) is 0.738. The smallest absolute Gasteiger partial charge is 0.387 e. The van der Waals surface area contributed by atoms with Crippen LogP contribution in [0.25, 0.3) is 11.0 Å². The Balaban J connectivity index is 2.01. The molecular formula is C19H19F2N3O2. The summed E-state index contributed by atoms with van der Waals surface area (Å²) < 4.78 is 31.5. The maximum atomic E-state index is 12.7. The van der Waals surface area contributed by atoms with Crippen LogP contribution in [0.15, 0.2) is 48.5 Å². The number of amides is 1. The van der Waals surface area contributed by atoms with Crippen molar-refractivity contribution in [2.24, 2.45) is 0 Å². The molecule has 0 atom stereocenters. The van der Waals surface area contributed by atoms with E-state index in [1.165, 1.54) is 18.2 Å². The highest BCUT2D eigenvalue weighted by Crippen LogP contribution is 2.29. The van der Waals surface area contributed by atoms with Gasteiger partial charge in [0.05, 0.1) is 16.6 Å². The Hall–Kier alpha value is -2.96. The van der Waals surface area contributed by atoms with E-state index in [-0.39, 0.29) is 16.9 Å². The Bertz CT molecular complexity index is 945. The highest BCUT2D eigenvalue weighted by atomic mass is 19.3. The normalized spacial score (nSPS) is 11.8. The van der Waals surface area contributed by atoms with Crippen molar-refractivity contribution in [3.8, 4) is 5.75 Å². The molecule has 0 aliphatic carbocycles. The lowest BCUT2D eigenvalue weighted by atomic mass is 10.1. The number of nitrogens with one attached hydrogen (secondary N) is 1. The van der Waals surface area contributed by atoms with Gasteiger partial charge in [-0.15, -0.1) is 0 Å². The van der Waals surface area contributed by atoms with Crippen LogP contribution in [0.5, 0.6) is 5.75 Å². The predicted octanol–water partition coefficient (Wildman–Crippen LogP) is 4.65. The van der Waals surface area contributed by atoms with Gasteiger partial charge in [0.25, 0.3) is 5.91 Å². The highest BCUT2D eigenvalue weighted by Gasteiger charge is 2.24. The Morgan fingerprint density at radius 3 is 2.46 bits per heavy atom. The van der Waals surface area contributed by atoms with Gasteiger partial charge in [0, 0.05) is 5.54 Å². The summed E-state index contributed by atoms with van der Waals surface area (Å²) in [6.07, 6.45) is 0. The topological polar surface area (TPSA) is 56.2 Å². The molecule has 0 saturated carbocycles. The maximum absolute atomic E-state index is 12.7. The van der Waals surface area contributed by atoms with Crippen LogP contribution < -0.4 is 10.1 Å². The number of imidazole rings is 1. The van der Waals surface area contributed by atoms with E-state index in [9.17, 15) is 13.6 Å². The van der Waals surface area contributed by atoms with Gasteiger partial charge in [0.15, 0.2) is 0 Å². The standard InChI is InChI=1S/C19H19F2N3O2/c1-19(2,3)24-14-10-6-5-9-13(14)22-18(24)23-16(25)12-8-4-7-11-15(12)26-17(20)21/h4-11,17H,1-3H3,(H,22,23,25). The third-order valence-corrected chi connectivity index (χ3v) is 3.80. The number of carbonyl (C=O) groups is 1. The van der Waals surface area contributed by atoms with Gasteiger partial charge >= 0.3 is 6.61 Å². The maximum Gasteiger partial charge on any atom is 0.387 e. The second kappa shape index (κ2) is 6.74. The number of ether oxygens (including phenoxy) is 1. The SMILES string of the molecule is CC(C)(C)n1c(NC(=O)c2ccccc2OC(F)F)nc2ccccc21. The van der Waals surface area contributed by atoms with E-state index >= 15 is 0 Å². The van der Waals surface area contributed by atoms with Crippen LogP contribution in [-0.2, 0) is 5.54 Å². The first-order chi connectivity index (χ1) is 12.3. The number of benzene rings is 2. The molecule has 7 heteroatoms. The molecule has 0 aliphatic rings. The van der Waals surface area contributed by atoms with E-state index in [4.69, 9.17) is 0 Å². The van der Waals surface area contributed by atoms with Crippen LogP contribution in [0.2, 0.25) is 0 Å². The van der Waals surface area contributed by atoms with Gasteiger partial charge < -0.3 is 9.30 Å². The van der Waals surface area contributed by atoms with Crippen LogP contribution in [0.1, 0.15) is 31.1 Å². The van der Waals surface area contributed by atoms with Crippen LogP contribution in [-0.4, -0.2) is 22.1 Å². The van der Waals surface area contributed by atoms with Crippen molar-refractivity contribution in [2.75, 3.05) is 5.32 Å². The number of halogens is 2. The van der Waals surface area contributed by atoms with Crippen LogP contribution in [0.4, 0.5) is 14.7 Å². The number of para-hydroxylation sites is 3. The minimum atomic E-state index is -3.01. The summed E-state index contributed by atoms with van der Waals surface area (Å²) >= 11 is 0. The van der Waals surface area contributed by atoms with Crippen molar-refractivity contribution in [1.82, 2.24) is 9.55 Å². The number of hydrogen-bond donors (Lipinski definition) is 1. The number of nitrogens with zero attached hydrogens (tertiary/aromatic N) is 2. The van der Waals surface area contributed by atoms with Crippen molar-refractivity contribution in [2.45, 2.75) is 32.9 Å². The molecule has 5 nitrogen and oxygen atoms in total. The Labute approximate surface area is 149 Å². The average Bonchev–Trinajstić information content (AvgIpc) is 2.92. The zero-order chi connectivity index (χ0) is 18.9. The first-order valence-corrected chi connectivity index (χ1v) is 8.10. The van der Waals surface area contributed by atoms with Crippen molar-refractivity contribution >= 4 is 22.9 Å². The molecule has 3 aromatic rings. The van der Waals surface area contributed by atoms with Crippen molar-refractivity contribution in [1.29, 1.82) is 0 Å². The summed E-state index contributed by atoms with van der Waals surface area (Å²) in [5.41, 5.74) is 1.26. The van der Waals surface area contributed by atoms with E-state index < -0.39 is 12.5 Å². The van der Waals surface area contributed by atoms with Crippen molar-refractivity contribution in [3.63, 3.8) is 0 Å². The highest BCUT2D eigenvalue weighted by molar-refractivity contribution is 6.06. The second-order valence-corrected chi connectivity index (χ2v) is 6.76. The molecule has 0 saturated heterocycles. The summed E-state index contributed by atoms with van der Waals surface area (Å²) in [5, 5.41) is 2.72. The van der Waals surface area contributed by atoms with Gasteiger partial charge in [-0.2, -0.15) is 8.78 Å². The molecule has 2 aromatic carbocycles. The fourth-order valence-electron chi connectivity index (χ4n) is 2.81. The minimum Gasteiger partial charge on any atom is -0.434 e. The Kier molecular flexibility index (Phi) is 4.63. The molecule has 0 unspecified atom stereocenters. The van der Waals surface area contributed by atoms with Gasteiger partial charge in [0.1, 0.15) is 5.75 Å². The fourth-order valence-corrected chi connectivity index (χ4v) is 2.81. The molecule has 0 radical (unpaired) electrons. The van der Waals surface area contributed by atoms with Gasteiger partial charge in [0.2, 0.25) is 5.95 Å². The molecule has 26 heavy (non-hydrogen) atoms. The van der Waals surface area contributed by atoms with Crippen molar-refractivity contribution < 1.29 is 18.3 Å². The number of anilines is 1. The molecule has 0 fully saturated rings. The first kappa shape index (κ1) is 17.8. The Morgan fingerprint density at radius 1 is 1.12 bits per heavy atom. The van der Waals surface area contributed by atoms with E-state index in [0.717, 1.165) is 11.0 Å². The van der Waals surface area contributed by atoms with E-state index in [2.05, 4.69) is 15.0 Å². The number of aromatic nitrogens is 2. The summed E-state index contributed by atoms with van der Waals surface area (Å²) in [6.45, 7) is 2.96. The number of alkyl halides is 2. The fraction of sp³-hybridized carbons (Fsp3) is 0.263. The molecule has 0 bridgehead atoms. The van der Waals surface area contributed by atoms with Gasteiger partial charge in [-0.1, -0.05) is 24.3 Å². The van der Waals surface area contributed by atoms with Crippen molar-refractivity contribution in [3.05, 3.63) is 54.1 Å². The molecule has 0 spiro atoms. The van der Waals surface area contributed by atoms with Crippen LogP contribution in [0, 0.1) is 0 Å². The number of carbonyl (C=O) groups excluding carboxylic acids is 1. The number of fused-ring (bicyclic) bond motifs is 1. The Morgan fingerprint density at radius 2 is 1.77 bits per heavy atom. The molecule has 1 heterocycles. The zero-order valence-electron chi connectivity index (χ0n) is 14.7. The summed E-state index contributed by atoms with van der Waals surface area (Å²) in [6, 6.07) is 13.4. The molecule has 0 aliphatic heterocycles. The third-order valence-electron chi connectivity index (χ3n) is 3.80. The molecule has 3 rings (SSSR count). The van der Waals surface area contributed by atoms with Crippen LogP contribution in [0.3, 0.4) is 0 Å². The molecule has 1 amide bonds. The largest absolute Gasteiger partial charge is 0.434 e. The minimum absolute atomic E-state index is 0.0142. The van der Waals surface area contributed by atoms with Gasteiger partial charge in [-0.3, -0.25) is 10.1 Å². The molecule has 1 aromatic heterocycles. The lowest BCUT2D eigenvalue weighted by molar-refractivity contribution is -0.0501. The number of rotatable bonds is 4. The zero-order valence-corrected chi connectivity index (χ0v) is 14.7. The summed E-state index contributed by atoms with van der Waals surface area (Å²) in [5.74, 6) is -0.406. The van der Waals surface area contributed by atoms with Gasteiger partial charge in [-0.25, -0.2) is 4.98 Å². The van der Waals surface area contributed by atoms with E-state index in [0.29, 0.717) is 5.95 Å². The number of hydrogen-bond acceptors (Lipinski definition) is 3. The average molecular weight is 359 g/mol. The molecular weight excluding hydrogens is 340 g/mol. The van der Waals surface area contributed by atoms with Gasteiger partial charge in [-0.05, 0) is 45.0 Å². The van der Waals surface area contributed by atoms with E-state index in [1.54, 1.807) is 6.07 Å². The summed E-state index contributed by atoms with van der Waals surface area (Å²) in [4.78, 5) is 17.2. The lowest BCUT2D eigenvalue weighted by Gasteiger charge is -2.24. The molecule has 1 N–H and O–H groups in total. The van der Waals surface area contributed by atoms with Crippen LogP contribution >= 0.6 is 0 Å². The molecule has 136 valence electrons. The predicted molar refractivity (Wildman–Crippen MR) is 95.8 cm³/mol. The van der Waals surface area contributed by atoms with E-state index in [1.807, 2.05) is 49.6 Å². The lowest BCUT2D eigenvalue weighted by Crippen LogP contribution is -2.26.